The summed E-state index contributed by atoms with van der Waals surface area (Å²) in [5.74, 6) is 0. The van der Waals surface area contributed by atoms with Crippen LogP contribution in [0.4, 0.5) is 10.5 Å². The van der Waals surface area contributed by atoms with E-state index in [9.17, 15) is 4.79 Å². The third kappa shape index (κ3) is 3.79. The largest absolute Gasteiger partial charge is 0.320 e. The van der Waals surface area contributed by atoms with Gasteiger partial charge in [-0.05, 0) is 32.0 Å². The third-order valence-electron chi connectivity index (χ3n) is 1.79. The van der Waals surface area contributed by atoms with E-state index in [1.165, 1.54) is 0 Å². The summed E-state index contributed by atoms with van der Waals surface area (Å²) in [6.45, 7) is 3.23. The van der Waals surface area contributed by atoms with Crippen molar-refractivity contribution in [3.63, 3.8) is 0 Å². The summed E-state index contributed by atoms with van der Waals surface area (Å²) in [5, 5.41) is 14.4. The van der Waals surface area contributed by atoms with Gasteiger partial charge in [-0.1, -0.05) is 17.7 Å². The fourth-order valence-corrected chi connectivity index (χ4v) is 1.23. The van der Waals surface area contributed by atoms with Gasteiger partial charge in [-0.2, -0.15) is 5.26 Å². The summed E-state index contributed by atoms with van der Waals surface area (Å²) in [6, 6.07) is 8.32. The van der Waals surface area contributed by atoms with Crippen LogP contribution in [0.25, 0.3) is 0 Å². The van der Waals surface area contributed by atoms with Crippen molar-refractivity contribution in [2.75, 3.05) is 5.32 Å². The molecule has 0 aliphatic heterocycles. The molecule has 1 rings (SSSR count). The van der Waals surface area contributed by atoms with Crippen LogP contribution in [0, 0.1) is 11.3 Å². The van der Waals surface area contributed by atoms with Crippen LogP contribution >= 0.6 is 11.6 Å². The molecule has 0 aliphatic rings. The van der Waals surface area contributed by atoms with Crippen LogP contribution in [0.3, 0.4) is 0 Å². The maximum Gasteiger partial charge on any atom is 0.320 e. The number of carbonyl (C=O) groups excluding carboxylic acids is 1. The zero-order chi connectivity index (χ0) is 12.2. The number of hydrogen-bond acceptors (Lipinski definition) is 2. The zero-order valence-electron chi connectivity index (χ0n) is 9.04. The van der Waals surface area contributed by atoms with Crippen molar-refractivity contribution in [3.05, 3.63) is 29.3 Å². The maximum atomic E-state index is 11.5. The Hall–Kier alpha value is -1.73. The molecular weight excluding hydrogens is 226 g/mol. The quantitative estimate of drug-likeness (QED) is 0.831. The molecule has 1 aromatic carbocycles. The average Bonchev–Trinajstić information content (AvgIpc) is 2.16. The molecule has 0 radical (unpaired) electrons. The molecule has 0 aromatic heterocycles. The minimum absolute atomic E-state index is 0.436. The Kier molecular flexibility index (Phi) is 3.75. The van der Waals surface area contributed by atoms with Gasteiger partial charge in [-0.15, -0.1) is 0 Å². The minimum atomic E-state index is -0.900. The molecule has 0 atom stereocenters. The van der Waals surface area contributed by atoms with E-state index in [0.717, 1.165) is 0 Å². The Morgan fingerprint density at radius 1 is 1.50 bits per heavy atom. The van der Waals surface area contributed by atoms with Crippen molar-refractivity contribution in [1.82, 2.24) is 5.32 Å². The fourth-order valence-electron chi connectivity index (χ4n) is 1.04. The Morgan fingerprint density at radius 2 is 2.19 bits per heavy atom. The van der Waals surface area contributed by atoms with Gasteiger partial charge in [0.15, 0.2) is 0 Å². The number of urea groups is 1. The molecule has 0 unspecified atom stereocenters. The molecule has 4 nitrogen and oxygen atoms in total. The molecule has 0 aliphatic carbocycles. The molecular formula is C11H12ClN3O. The highest BCUT2D eigenvalue weighted by atomic mass is 35.5. The molecule has 0 spiro atoms. The van der Waals surface area contributed by atoms with Crippen molar-refractivity contribution < 1.29 is 4.79 Å². The van der Waals surface area contributed by atoms with E-state index in [0.29, 0.717) is 10.7 Å². The van der Waals surface area contributed by atoms with Gasteiger partial charge in [-0.3, -0.25) is 0 Å². The summed E-state index contributed by atoms with van der Waals surface area (Å²) in [7, 11) is 0. The first-order valence-electron chi connectivity index (χ1n) is 4.69. The Labute approximate surface area is 99.2 Å². The minimum Gasteiger partial charge on any atom is -0.320 e. The first-order valence-corrected chi connectivity index (χ1v) is 5.07. The normalized spacial score (nSPS) is 10.4. The number of nitriles is 1. The SMILES string of the molecule is CC(C)(C#N)NC(=O)Nc1cccc(Cl)c1. The Balaban J connectivity index is 2.63. The number of amides is 2. The van der Waals surface area contributed by atoms with E-state index in [1.54, 1.807) is 38.1 Å². The molecule has 5 heteroatoms. The van der Waals surface area contributed by atoms with E-state index in [-0.39, 0.29) is 0 Å². The standard InChI is InChI=1S/C11H12ClN3O/c1-11(2,7-13)15-10(16)14-9-5-3-4-8(12)6-9/h3-6H,1-2H3,(H2,14,15,16). The first kappa shape index (κ1) is 12.3. The molecule has 1 aromatic rings. The van der Waals surface area contributed by atoms with Crippen LogP contribution in [-0.4, -0.2) is 11.6 Å². The predicted molar refractivity (Wildman–Crippen MR) is 63.3 cm³/mol. The van der Waals surface area contributed by atoms with Gasteiger partial charge in [0, 0.05) is 10.7 Å². The summed E-state index contributed by atoms with van der Waals surface area (Å²) in [6.07, 6.45) is 0. The maximum absolute atomic E-state index is 11.5. The number of benzene rings is 1. The van der Waals surface area contributed by atoms with Crippen LogP contribution in [0.2, 0.25) is 5.02 Å². The lowest BCUT2D eigenvalue weighted by atomic mass is 10.1. The summed E-state index contributed by atoms with van der Waals surface area (Å²) in [4.78, 5) is 11.5. The molecule has 0 fully saturated rings. The molecule has 0 saturated carbocycles. The fraction of sp³-hybridized carbons (Fsp3) is 0.273. The van der Waals surface area contributed by atoms with Crippen LogP contribution in [-0.2, 0) is 0 Å². The third-order valence-corrected chi connectivity index (χ3v) is 2.02. The Bertz CT molecular complexity index is 437. The van der Waals surface area contributed by atoms with Crippen molar-refractivity contribution in [2.45, 2.75) is 19.4 Å². The van der Waals surface area contributed by atoms with E-state index < -0.39 is 11.6 Å². The number of nitrogens with zero attached hydrogens (tertiary/aromatic N) is 1. The van der Waals surface area contributed by atoms with Gasteiger partial charge in [0.25, 0.3) is 0 Å². The molecule has 16 heavy (non-hydrogen) atoms. The second kappa shape index (κ2) is 4.86. The number of anilines is 1. The summed E-state index contributed by atoms with van der Waals surface area (Å²) >= 11 is 5.76. The van der Waals surface area contributed by atoms with Crippen molar-refractivity contribution in [3.8, 4) is 6.07 Å². The smallest absolute Gasteiger partial charge is 0.320 e. The monoisotopic (exact) mass is 237 g/mol. The summed E-state index contributed by atoms with van der Waals surface area (Å²) in [5.41, 5.74) is -0.318. The zero-order valence-corrected chi connectivity index (χ0v) is 9.80. The second-order valence-corrected chi connectivity index (χ2v) is 4.26. The molecule has 0 bridgehead atoms. The Morgan fingerprint density at radius 3 is 2.75 bits per heavy atom. The van der Waals surface area contributed by atoms with E-state index in [4.69, 9.17) is 16.9 Å². The summed E-state index contributed by atoms with van der Waals surface area (Å²) < 4.78 is 0. The van der Waals surface area contributed by atoms with Gasteiger partial charge >= 0.3 is 6.03 Å². The lowest BCUT2D eigenvalue weighted by Crippen LogP contribution is -2.44. The first-order chi connectivity index (χ1) is 7.43. The number of rotatable bonds is 2. The molecule has 0 saturated heterocycles. The lowest BCUT2D eigenvalue weighted by molar-refractivity contribution is 0.246. The molecule has 2 N–H and O–H groups in total. The number of halogens is 1. The highest BCUT2D eigenvalue weighted by Crippen LogP contribution is 2.14. The second-order valence-electron chi connectivity index (χ2n) is 3.83. The number of hydrogen-bond donors (Lipinski definition) is 2. The lowest BCUT2D eigenvalue weighted by Gasteiger charge is -2.17. The van der Waals surface area contributed by atoms with Gasteiger partial charge < -0.3 is 10.6 Å². The van der Waals surface area contributed by atoms with Crippen molar-refractivity contribution in [1.29, 1.82) is 5.26 Å². The molecule has 0 heterocycles. The van der Waals surface area contributed by atoms with E-state index in [2.05, 4.69) is 10.6 Å². The number of nitrogens with one attached hydrogen (secondary N) is 2. The molecule has 84 valence electrons. The highest BCUT2D eigenvalue weighted by molar-refractivity contribution is 6.30. The van der Waals surface area contributed by atoms with Crippen molar-refractivity contribution >= 4 is 23.3 Å². The van der Waals surface area contributed by atoms with Gasteiger partial charge in [-0.25, -0.2) is 4.79 Å². The highest BCUT2D eigenvalue weighted by Gasteiger charge is 2.18. The van der Waals surface area contributed by atoms with Crippen LogP contribution in [0.15, 0.2) is 24.3 Å². The number of carbonyl (C=O) groups is 1. The van der Waals surface area contributed by atoms with E-state index in [1.807, 2.05) is 6.07 Å². The van der Waals surface area contributed by atoms with Gasteiger partial charge in [0.1, 0.15) is 5.54 Å². The van der Waals surface area contributed by atoms with Crippen molar-refractivity contribution in [2.24, 2.45) is 0 Å². The van der Waals surface area contributed by atoms with Gasteiger partial charge in [0.05, 0.1) is 6.07 Å². The molecule has 2 amide bonds. The van der Waals surface area contributed by atoms with Gasteiger partial charge in [0.2, 0.25) is 0 Å². The van der Waals surface area contributed by atoms with Crippen LogP contribution in [0.1, 0.15) is 13.8 Å². The average molecular weight is 238 g/mol. The predicted octanol–water partition coefficient (Wildman–Crippen LogP) is 2.76. The topological polar surface area (TPSA) is 64.9 Å². The van der Waals surface area contributed by atoms with Crippen LogP contribution < -0.4 is 10.6 Å². The van der Waals surface area contributed by atoms with Crippen LogP contribution in [0.5, 0.6) is 0 Å². The van der Waals surface area contributed by atoms with E-state index >= 15 is 0 Å².